The van der Waals surface area contributed by atoms with Crippen LogP contribution in [0.5, 0.6) is 0 Å². The van der Waals surface area contributed by atoms with Gasteiger partial charge in [-0.15, -0.1) is 0 Å². The van der Waals surface area contributed by atoms with Gasteiger partial charge < -0.3 is 4.57 Å². The summed E-state index contributed by atoms with van der Waals surface area (Å²) in [6.45, 7) is 7.69. The fraction of sp³-hybridized carbons (Fsp3) is 0.0222. The topological polar surface area (TPSA) is 58.9 Å². The van der Waals surface area contributed by atoms with Crippen LogP contribution in [0.3, 0.4) is 0 Å². The van der Waals surface area contributed by atoms with E-state index in [-0.39, 0.29) is 5.92 Å². The molecule has 0 aliphatic rings. The monoisotopic (exact) mass is 669 g/mol. The zero-order chi connectivity index (χ0) is 34.3. The molecule has 0 bridgehead atoms. The molecule has 9 aromatic rings. The van der Waals surface area contributed by atoms with Gasteiger partial charge in [-0.25, -0.2) is 4.85 Å². The first kappa shape index (κ1) is 30.2. The van der Waals surface area contributed by atoms with Gasteiger partial charge in [-0.1, -0.05) is 109 Å². The van der Waals surface area contributed by atoms with Gasteiger partial charge in [0.2, 0.25) is 0 Å². The lowest BCUT2D eigenvalue weighted by molar-refractivity contribution is 0.986. The Morgan fingerprint density at radius 1 is 0.608 bits per heavy atom. The summed E-state index contributed by atoms with van der Waals surface area (Å²) < 4.78 is 12.0. The maximum absolute atomic E-state index is 9.38. The largest absolute Gasteiger partial charge is 0.309 e. The summed E-state index contributed by atoms with van der Waals surface area (Å²) in [4.78, 5) is 3.73. The first-order chi connectivity index (χ1) is 25.2. The van der Waals surface area contributed by atoms with E-state index in [0.29, 0.717) is 11.3 Å². The first-order valence-corrected chi connectivity index (χ1v) is 17.4. The molecule has 0 aliphatic carbocycles. The number of rotatable bonds is 6. The highest BCUT2D eigenvalue weighted by Crippen LogP contribution is 2.41. The number of fused-ring (bicyclic) bond motifs is 4. The van der Waals surface area contributed by atoms with Gasteiger partial charge in [-0.2, -0.15) is 14.0 Å². The average molecular weight is 670 g/mol. The van der Waals surface area contributed by atoms with Crippen molar-refractivity contribution in [2.45, 2.75) is 5.92 Å². The van der Waals surface area contributed by atoms with Crippen LogP contribution in [0.15, 0.2) is 158 Å². The van der Waals surface area contributed by atoms with E-state index in [1.54, 1.807) is 0 Å². The number of nitriles is 1. The molecule has 6 heteroatoms. The molecule has 0 aliphatic heterocycles. The minimum atomic E-state index is -0.0311. The molecular formula is C45H27N5S. The molecule has 5 nitrogen and oxygen atoms in total. The number of nitrogens with zero attached hydrogens (tertiary/aromatic N) is 5. The second-order valence-electron chi connectivity index (χ2n) is 12.5. The highest BCUT2D eigenvalue weighted by atomic mass is 32.1. The number of benzene rings is 7. The predicted octanol–water partition coefficient (Wildman–Crippen LogP) is 11.7. The van der Waals surface area contributed by atoms with Gasteiger partial charge in [0.25, 0.3) is 0 Å². The van der Waals surface area contributed by atoms with E-state index in [4.69, 9.17) is 15.3 Å². The molecule has 0 amide bonds. The van der Waals surface area contributed by atoms with Crippen molar-refractivity contribution in [1.29, 1.82) is 5.26 Å². The zero-order valence-corrected chi connectivity index (χ0v) is 28.0. The summed E-state index contributed by atoms with van der Waals surface area (Å²) in [6.07, 6.45) is 0. The van der Waals surface area contributed by atoms with Crippen LogP contribution in [0.25, 0.3) is 65.6 Å². The lowest BCUT2D eigenvalue weighted by Gasteiger charge is -2.20. The van der Waals surface area contributed by atoms with Crippen molar-refractivity contribution >= 4 is 50.3 Å². The van der Waals surface area contributed by atoms with Gasteiger partial charge in [-0.3, -0.25) is 0 Å². The van der Waals surface area contributed by atoms with Gasteiger partial charge >= 0.3 is 0 Å². The fourth-order valence-electron chi connectivity index (χ4n) is 7.26. The van der Waals surface area contributed by atoms with E-state index in [2.05, 4.69) is 125 Å². The van der Waals surface area contributed by atoms with Crippen LogP contribution in [0.2, 0.25) is 0 Å². The Kier molecular flexibility index (Phi) is 7.43. The molecule has 0 saturated carbocycles. The average Bonchev–Trinajstić information content (AvgIpc) is 3.82. The van der Waals surface area contributed by atoms with Gasteiger partial charge in [0, 0.05) is 22.6 Å². The van der Waals surface area contributed by atoms with E-state index in [0.717, 1.165) is 55.2 Å². The van der Waals surface area contributed by atoms with Crippen molar-refractivity contribution in [3.8, 4) is 34.0 Å². The van der Waals surface area contributed by atoms with Crippen LogP contribution in [0.4, 0.5) is 5.69 Å². The number of hydrogen-bond donors (Lipinski definition) is 0. The third-order valence-electron chi connectivity index (χ3n) is 9.69. The third-order valence-corrected chi connectivity index (χ3v) is 10.2. The zero-order valence-electron chi connectivity index (χ0n) is 27.2. The van der Waals surface area contributed by atoms with Crippen molar-refractivity contribution in [1.82, 2.24) is 13.3 Å². The molecule has 0 radical (unpaired) electrons. The van der Waals surface area contributed by atoms with Gasteiger partial charge in [0.1, 0.15) is 11.0 Å². The lowest BCUT2D eigenvalue weighted by Crippen LogP contribution is -2.04. The van der Waals surface area contributed by atoms with Crippen LogP contribution < -0.4 is 0 Å². The normalized spacial score (nSPS) is 11.8. The molecule has 0 fully saturated rings. The highest BCUT2D eigenvalue weighted by Gasteiger charge is 2.23. The minimum absolute atomic E-state index is 0.0311. The van der Waals surface area contributed by atoms with E-state index in [1.165, 1.54) is 34.0 Å². The Balaban J connectivity index is 1.19. The molecular weight excluding hydrogens is 643 g/mol. The van der Waals surface area contributed by atoms with Crippen LogP contribution in [0, 0.1) is 17.9 Å². The summed E-state index contributed by atoms with van der Waals surface area (Å²) >= 11 is 1.24. The summed E-state index contributed by atoms with van der Waals surface area (Å²) in [5.74, 6) is -0.0311. The van der Waals surface area contributed by atoms with E-state index >= 15 is 0 Å². The molecule has 0 N–H and O–H groups in total. The smallest absolute Gasteiger partial charge is 0.188 e. The van der Waals surface area contributed by atoms with Crippen molar-refractivity contribution < 1.29 is 0 Å². The van der Waals surface area contributed by atoms with Crippen molar-refractivity contribution in [2.75, 3.05) is 0 Å². The molecule has 0 saturated heterocycles. The highest BCUT2D eigenvalue weighted by molar-refractivity contribution is 7.00. The lowest BCUT2D eigenvalue weighted by atomic mass is 9.83. The second kappa shape index (κ2) is 12.5. The molecule has 238 valence electrons. The Bertz CT molecular complexity index is 2800. The maximum Gasteiger partial charge on any atom is 0.188 e. The SMILES string of the molecule is [C-]#[N+]c1ccc2c(c1)c1cc(-c3ccc(C(c4ccccc4)c4ccc(-c5ccccc5)cc4)c4nsnc34)ccc1n2-c1ccc(C#N)cc1. The molecule has 2 heterocycles. The standard InChI is InChI=1S/C45H27N5S/c1-47-35-19-25-42-40(27-35)39-26-34(18-24-41(39)50(42)36-20-12-29(28-46)13-21-36)37-22-23-38(45-44(37)48-51-49-45)43(32-10-6-3-7-11-32)33-16-14-31(15-17-33)30-8-4-2-5-9-30/h2-27,43H. The van der Waals surface area contributed by atoms with Crippen LogP contribution in [0.1, 0.15) is 28.2 Å². The number of hydrogen-bond acceptors (Lipinski definition) is 4. The summed E-state index contributed by atoms with van der Waals surface area (Å²) in [5, 5.41) is 11.4. The summed E-state index contributed by atoms with van der Waals surface area (Å²) in [6, 6.07) is 56.5. The molecule has 0 spiro atoms. The second-order valence-corrected chi connectivity index (χ2v) is 13.1. The van der Waals surface area contributed by atoms with E-state index in [1.807, 2.05) is 48.5 Å². The van der Waals surface area contributed by atoms with E-state index in [9.17, 15) is 5.26 Å². The maximum atomic E-state index is 9.38. The number of aromatic nitrogens is 3. The fourth-order valence-corrected chi connectivity index (χ4v) is 7.84. The van der Waals surface area contributed by atoms with Crippen LogP contribution >= 0.6 is 11.7 Å². The summed E-state index contributed by atoms with van der Waals surface area (Å²) in [5.41, 5.74) is 13.9. The molecule has 7 aromatic carbocycles. The van der Waals surface area contributed by atoms with Gasteiger partial charge in [-0.05, 0) is 87.3 Å². The van der Waals surface area contributed by atoms with Gasteiger partial charge in [0.05, 0.1) is 41.0 Å². The van der Waals surface area contributed by atoms with E-state index < -0.39 is 0 Å². The van der Waals surface area contributed by atoms with Crippen LogP contribution in [-0.2, 0) is 0 Å². The molecule has 1 unspecified atom stereocenters. The van der Waals surface area contributed by atoms with Crippen molar-refractivity contribution in [3.05, 3.63) is 191 Å². The summed E-state index contributed by atoms with van der Waals surface area (Å²) in [7, 11) is 0. The Hall–Kier alpha value is -6.86. The third kappa shape index (κ3) is 5.23. The van der Waals surface area contributed by atoms with Gasteiger partial charge in [0.15, 0.2) is 5.69 Å². The Morgan fingerprint density at radius 3 is 1.96 bits per heavy atom. The predicted molar refractivity (Wildman–Crippen MR) is 207 cm³/mol. The molecule has 1 atom stereocenters. The Labute approximate surface area is 299 Å². The molecule has 2 aromatic heterocycles. The Morgan fingerprint density at radius 2 is 1.24 bits per heavy atom. The first-order valence-electron chi connectivity index (χ1n) is 16.6. The molecule has 51 heavy (non-hydrogen) atoms. The quantitative estimate of drug-likeness (QED) is 0.131. The minimum Gasteiger partial charge on any atom is -0.309 e. The van der Waals surface area contributed by atoms with Crippen molar-refractivity contribution in [3.63, 3.8) is 0 Å². The van der Waals surface area contributed by atoms with Crippen LogP contribution in [-0.4, -0.2) is 13.3 Å². The molecule has 9 rings (SSSR count). The van der Waals surface area contributed by atoms with Crippen molar-refractivity contribution in [2.24, 2.45) is 0 Å².